The third-order valence-electron chi connectivity index (χ3n) is 2.84. The van der Waals surface area contributed by atoms with Crippen molar-refractivity contribution in [3.05, 3.63) is 34.2 Å². The van der Waals surface area contributed by atoms with E-state index in [1.54, 1.807) is 7.11 Å². The van der Waals surface area contributed by atoms with E-state index in [1.165, 1.54) is 0 Å². The molecule has 0 aliphatic carbocycles. The SMILES string of the molecule is COc1ccc(Br)cc1-c1c(C#N)nc(C)n1C. The van der Waals surface area contributed by atoms with Gasteiger partial charge in [-0.15, -0.1) is 0 Å². The van der Waals surface area contributed by atoms with Crippen molar-refractivity contribution in [2.45, 2.75) is 6.92 Å². The van der Waals surface area contributed by atoms with Gasteiger partial charge in [-0.25, -0.2) is 4.98 Å². The summed E-state index contributed by atoms with van der Waals surface area (Å²) in [6.07, 6.45) is 0. The molecule has 0 aliphatic rings. The molecule has 0 atom stereocenters. The van der Waals surface area contributed by atoms with Crippen LogP contribution in [0.5, 0.6) is 5.75 Å². The molecule has 0 aliphatic heterocycles. The molecule has 1 aromatic heterocycles. The molecule has 2 rings (SSSR count). The van der Waals surface area contributed by atoms with Crippen molar-refractivity contribution in [2.75, 3.05) is 7.11 Å². The Bertz CT molecular complexity index is 640. The summed E-state index contributed by atoms with van der Waals surface area (Å²) in [5, 5.41) is 9.17. The summed E-state index contributed by atoms with van der Waals surface area (Å²) >= 11 is 3.43. The van der Waals surface area contributed by atoms with E-state index in [0.717, 1.165) is 27.3 Å². The zero-order valence-electron chi connectivity index (χ0n) is 10.4. The highest BCUT2D eigenvalue weighted by molar-refractivity contribution is 9.10. The predicted octanol–water partition coefficient (Wildman–Crippen LogP) is 3.04. The molecule has 0 radical (unpaired) electrons. The van der Waals surface area contributed by atoms with Gasteiger partial charge >= 0.3 is 0 Å². The van der Waals surface area contributed by atoms with E-state index in [-0.39, 0.29) is 0 Å². The normalized spacial score (nSPS) is 10.2. The molecule has 2 aromatic rings. The molecule has 18 heavy (non-hydrogen) atoms. The summed E-state index contributed by atoms with van der Waals surface area (Å²) in [6.45, 7) is 1.87. The summed E-state index contributed by atoms with van der Waals surface area (Å²) in [5.41, 5.74) is 2.03. The molecule has 0 amide bonds. The van der Waals surface area contributed by atoms with Crippen molar-refractivity contribution in [3.63, 3.8) is 0 Å². The Morgan fingerprint density at radius 2 is 2.17 bits per heavy atom. The van der Waals surface area contributed by atoms with E-state index in [9.17, 15) is 5.26 Å². The lowest BCUT2D eigenvalue weighted by molar-refractivity contribution is 0.416. The first kappa shape index (κ1) is 12.7. The fourth-order valence-electron chi connectivity index (χ4n) is 1.86. The van der Waals surface area contributed by atoms with E-state index in [0.29, 0.717) is 5.69 Å². The molecule has 5 heteroatoms. The Balaban J connectivity index is 2.76. The Morgan fingerprint density at radius 3 is 2.78 bits per heavy atom. The van der Waals surface area contributed by atoms with Gasteiger partial charge in [0, 0.05) is 17.1 Å². The number of nitriles is 1. The zero-order valence-corrected chi connectivity index (χ0v) is 11.9. The third-order valence-corrected chi connectivity index (χ3v) is 3.33. The van der Waals surface area contributed by atoms with Crippen LogP contribution in [0.15, 0.2) is 22.7 Å². The predicted molar refractivity (Wildman–Crippen MR) is 72.3 cm³/mol. The van der Waals surface area contributed by atoms with Gasteiger partial charge in [0.1, 0.15) is 17.6 Å². The van der Waals surface area contributed by atoms with E-state index in [4.69, 9.17) is 4.74 Å². The summed E-state index contributed by atoms with van der Waals surface area (Å²) in [6, 6.07) is 7.81. The van der Waals surface area contributed by atoms with Crippen LogP contribution in [-0.2, 0) is 7.05 Å². The minimum Gasteiger partial charge on any atom is -0.496 e. The van der Waals surface area contributed by atoms with Gasteiger partial charge in [-0.2, -0.15) is 5.26 Å². The average molecular weight is 306 g/mol. The standard InChI is InChI=1S/C13H12BrN3O/c1-8-16-11(7-15)13(17(8)2)10-6-9(14)4-5-12(10)18-3/h4-6H,1-3H3. The molecule has 0 saturated heterocycles. The molecular formula is C13H12BrN3O. The second kappa shape index (κ2) is 4.83. The van der Waals surface area contributed by atoms with Gasteiger partial charge in [0.25, 0.3) is 0 Å². The van der Waals surface area contributed by atoms with Crippen LogP contribution in [0.2, 0.25) is 0 Å². The molecule has 0 unspecified atom stereocenters. The molecule has 0 bridgehead atoms. The molecular weight excluding hydrogens is 294 g/mol. The molecule has 1 aromatic carbocycles. The van der Waals surface area contributed by atoms with Crippen LogP contribution in [0.25, 0.3) is 11.3 Å². The number of aryl methyl sites for hydroxylation is 1. The third kappa shape index (κ3) is 2.00. The van der Waals surface area contributed by atoms with Crippen molar-refractivity contribution in [2.24, 2.45) is 7.05 Å². The van der Waals surface area contributed by atoms with Gasteiger partial charge in [-0.1, -0.05) is 15.9 Å². The summed E-state index contributed by atoms with van der Waals surface area (Å²) in [5.74, 6) is 1.52. The van der Waals surface area contributed by atoms with Crippen molar-refractivity contribution in [1.29, 1.82) is 5.26 Å². The van der Waals surface area contributed by atoms with Gasteiger partial charge in [-0.3, -0.25) is 0 Å². The second-order valence-electron chi connectivity index (χ2n) is 3.87. The largest absolute Gasteiger partial charge is 0.496 e. The van der Waals surface area contributed by atoms with Crippen LogP contribution in [0.4, 0.5) is 0 Å². The Morgan fingerprint density at radius 1 is 1.44 bits per heavy atom. The number of ether oxygens (including phenoxy) is 1. The number of aromatic nitrogens is 2. The minimum atomic E-state index is 0.409. The highest BCUT2D eigenvalue weighted by Gasteiger charge is 2.17. The number of hydrogen-bond acceptors (Lipinski definition) is 3. The topological polar surface area (TPSA) is 50.8 Å². The first-order valence-electron chi connectivity index (χ1n) is 5.35. The number of methoxy groups -OCH3 is 1. The molecule has 4 nitrogen and oxygen atoms in total. The smallest absolute Gasteiger partial charge is 0.166 e. The van der Waals surface area contributed by atoms with Crippen molar-refractivity contribution in [1.82, 2.24) is 9.55 Å². The highest BCUT2D eigenvalue weighted by atomic mass is 79.9. The van der Waals surface area contributed by atoms with Crippen LogP contribution in [-0.4, -0.2) is 16.7 Å². The first-order valence-corrected chi connectivity index (χ1v) is 6.15. The van der Waals surface area contributed by atoms with E-state index in [2.05, 4.69) is 27.0 Å². The zero-order chi connectivity index (χ0) is 13.3. The monoisotopic (exact) mass is 305 g/mol. The van der Waals surface area contributed by atoms with Crippen LogP contribution in [0.3, 0.4) is 0 Å². The Kier molecular flexibility index (Phi) is 3.39. The van der Waals surface area contributed by atoms with Crippen molar-refractivity contribution < 1.29 is 4.74 Å². The van der Waals surface area contributed by atoms with Crippen molar-refractivity contribution >= 4 is 15.9 Å². The summed E-state index contributed by atoms with van der Waals surface area (Å²) in [7, 11) is 3.50. The number of rotatable bonds is 2. The molecule has 0 fully saturated rings. The summed E-state index contributed by atoms with van der Waals surface area (Å²) in [4.78, 5) is 4.24. The lowest BCUT2D eigenvalue weighted by Crippen LogP contribution is -1.97. The molecule has 92 valence electrons. The van der Waals surface area contributed by atoms with Gasteiger partial charge in [0.15, 0.2) is 5.69 Å². The van der Waals surface area contributed by atoms with E-state index >= 15 is 0 Å². The van der Waals surface area contributed by atoms with Crippen LogP contribution < -0.4 is 4.74 Å². The number of nitrogens with zero attached hydrogens (tertiary/aromatic N) is 3. The van der Waals surface area contributed by atoms with Crippen LogP contribution in [0, 0.1) is 18.3 Å². The van der Waals surface area contributed by atoms with Gasteiger partial charge in [0.2, 0.25) is 0 Å². The highest BCUT2D eigenvalue weighted by Crippen LogP contribution is 2.34. The Labute approximate surface area is 114 Å². The number of halogens is 1. The number of hydrogen-bond donors (Lipinski definition) is 0. The van der Waals surface area contributed by atoms with E-state index in [1.807, 2.05) is 36.7 Å². The van der Waals surface area contributed by atoms with Crippen LogP contribution >= 0.6 is 15.9 Å². The summed E-state index contributed by atoms with van der Waals surface area (Å²) < 4.78 is 8.17. The van der Waals surface area contributed by atoms with Crippen molar-refractivity contribution in [3.8, 4) is 23.1 Å². The molecule has 0 spiro atoms. The fraction of sp³-hybridized carbons (Fsp3) is 0.231. The maximum Gasteiger partial charge on any atom is 0.166 e. The van der Waals surface area contributed by atoms with Gasteiger partial charge < -0.3 is 9.30 Å². The molecule has 0 saturated carbocycles. The quantitative estimate of drug-likeness (QED) is 0.857. The lowest BCUT2D eigenvalue weighted by atomic mass is 10.1. The number of imidazole rings is 1. The Hall–Kier alpha value is -1.80. The van der Waals surface area contributed by atoms with Gasteiger partial charge in [0.05, 0.1) is 12.8 Å². The van der Waals surface area contributed by atoms with E-state index < -0.39 is 0 Å². The maximum absolute atomic E-state index is 9.17. The molecule has 0 N–H and O–H groups in total. The minimum absolute atomic E-state index is 0.409. The fourth-order valence-corrected chi connectivity index (χ4v) is 2.22. The average Bonchev–Trinajstić information content (AvgIpc) is 2.65. The lowest BCUT2D eigenvalue weighted by Gasteiger charge is -2.10. The second-order valence-corrected chi connectivity index (χ2v) is 4.79. The number of benzene rings is 1. The molecule has 1 heterocycles. The first-order chi connectivity index (χ1) is 8.58. The maximum atomic E-state index is 9.17. The van der Waals surface area contributed by atoms with Gasteiger partial charge in [-0.05, 0) is 25.1 Å². The van der Waals surface area contributed by atoms with Crippen LogP contribution in [0.1, 0.15) is 11.5 Å².